The Morgan fingerprint density at radius 3 is 2.45 bits per heavy atom. The van der Waals surface area contributed by atoms with Crippen molar-refractivity contribution in [2.45, 2.75) is 64.7 Å². The second kappa shape index (κ2) is 9.57. The Kier molecular flexibility index (Phi) is 7.37. The molecule has 0 bridgehead atoms. The van der Waals surface area contributed by atoms with Gasteiger partial charge in [-0.1, -0.05) is 75.3 Å². The van der Waals surface area contributed by atoms with E-state index in [0.717, 1.165) is 23.1 Å². The van der Waals surface area contributed by atoms with E-state index in [-0.39, 0.29) is 5.91 Å². The number of carbonyl (C=O) groups excluding carboxylic acids is 1. The molecule has 1 N–H and O–H groups in total. The third-order valence-electron chi connectivity index (χ3n) is 3.80. The number of nitrogens with one attached hydrogen (secondary N) is 1. The maximum atomic E-state index is 11.9. The summed E-state index contributed by atoms with van der Waals surface area (Å²) in [6, 6.07) is 7.96. The molecule has 22 heavy (non-hydrogen) atoms. The smallest absolute Gasteiger partial charge is 0.226 e. The summed E-state index contributed by atoms with van der Waals surface area (Å²) in [5.74, 6) is 0.0880. The Bertz CT molecular complexity index is 546. The lowest BCUT2D eigenvalue weighted by Crippen LogP contribution is -2.10. The molecule has 0 atom stereocenters. The first-order chi connectivity index (χ1) is 10.8. The number of anilines is 1. The molecule has 0 saturated heterocycles. The van der Waals surface area contributed by atoms with Gasteiger partial charge < -0.3 is 5.32 Å². The lowest BCUT2D eigenvalue weighted by molar-refractivity contribution is -0.116. The molecule has 2 aromatic rings. The molecule has 0 saturated carbocycles. The predicted octanol–water partition coefficient (Wildman–Crippen LogP) is 5.77. The molecule has 2 rings (SSSR count). The number of carbonyl (C=O) groups is 1. The van der Waals surface area contributed by atoms with Crippen molar-refractivity contribution in [2.24, 2.45) is 0 Å². The summed E-state index contributed by atoms with van der Waals surface area (Å²) in [7, 11) is 0. The summed E-state index contributed by atoms with van der Waals surface area (Å²) in [6.45, 7) is 2.24. The summed E-state index contributed by atoms with van der Waals surface area (Å²) in [5, 5.41) is 3.63. The number of hydrogen-bond donors (Lipinski definition) is 1. The highest BCUT2D eigenvalue weighted by atomic mass is 32.1. The van der Waals surface area contributed by atoms with E-state index in [1.165, 1.54) is 49.9 Å². The molecule has 0 aliphatic carbocycles. The standard InChI is InChI=1S/C18H26N2OS/c1-2-3-4-5-6-7-8-9-14-17(21)20-18-19-15-12-10-11-13-16(15)22-18/h10-13H,2-9,14H2,1H3,(H,19,20,21). The first-order valence-corrected chi connectivity index (χ1v) is 9.26. The van der Waals surface area contributed by atoms with Crippen LogP contribution in [0.15, 0.2) is 24.3 Å². The molecule has 0 unspecified atom stereocenters. The lowest BCUT2D eigenvalue weighted by atomic mass is 10.1. The molecule has 4 heteroatoms. The van der Waals surface area contributed by atoms with Crippen LogP contribution in [-0.4, -0.2) is 10.9 Å². The lowest BCUT2D eigenvalue weighted by Gasteiger charge is -2.02. The van der Waals surface area contributed by atoms with E-state index in [1.807, 2.05) is 24.3 Å². The van der Waals surface area contributed by atoms with Crippen molar-refractivity contribution in [1.29, 1.82) is 0 Å². The van der Waals surface area contributed by atoms with Gasteiger partial charge in [0.15, 0.2) is 5.13 Å². The molecule has 1 heterocycles. The average Bonchev–Trinajstić information content (AvgIpc) is 2.92. The van der Waals surface area contributed by atoms with E-state index in [1.54, 1.807) is 0 Å². The molecule has 1 aromatic heterocycles. The van der Waals surface area contributed by atoms with Crippen molar-refractivity contribution in [2.75, 3.05) is 5.32 Å². The molecule has 0 fully saturated rings. The van der Waals surface area contributed by atoms with Gasteiger partial charge >= 0.3 is 0 Å². The number of thiazole rings is 1. The van der Waals surface area contributed by atoms with Gasteiger partial charge in [-0.05, 0) is 18.6 Å². The molecule has 3 nitrogen and oxygen atoms in total. The van der Waals surface area contributed by atoms with Gasteiger partial charge in [0, 0.05) is 6.42 Å². The SMILES string of the molecule is CCCCCCCCCCC(=O)Nc1nc2ccccc2s1. The maximum Gasteiger partial charge on any atom is 0.226 e. The number of benzene rings is 1. The van der Waals surface area contributed by atoms with Crippen LogP contribution >= 0.6 is 11.3 Å². The van der Waals surface area contributed by atoms with Gasteiger partial charge in [0.2, 0.25) is 5.91 Å². The quantitative estimate of drug-likeness (QED) is 0.565. The number of aromatic nitrogens is 1. The highest BCUT2D eigenvalue weighted by molar-refractivity contribution is 7.22. The zero-order chi connectivity index (χ0) is 15.6. The molecular weight excluding hydrogens is 292 g/mol. The van der Waals surface area contributed by atoms with Crippen molar-refractivity contribution in [3.8, 4) is 0 Å². The highest BCUT2D eigenvalue weighted by Crippen LogP contribution is 2.25. The van der Waals surface area contributed by atoms with Crippen LogP contribution in [0.5, 0.6) is 0 Å². The molecule has 0 radical (unpaired) electrons. The summed E-state index contributed by atoms with van der Waals surface area (Å²) in [4.78, 5) is 16.3. The van der Waals surface area contributed by atoms with Gasteiger partial charge in [-0.15, -0.1) is 0 Å². The topological polar surface area (TPSA) is 42.0 Å². The number of nitrogens with zero attached hydrogens (tertiary/aromatic N) is 1. The summed E-state index contributed by atoms with van der Waals surface area (Å²) >= 11 is 1.54. The van der Waals surface area contributed by atoms with E-state index < -0.39 is 0 Å². The van der Waals surface area contributed by atoms with Crippen LogP contribution in [0.3, 0.4) is 0 Å². The summed E-state index contributed by atoms with van der Waals surface area (Å²) in [5.41, 5.74) is 0.954. The van der Waals surface area contributed by atoms with Crippen LogP contribution in [0.4, 0.5) is 5.13 Å². The van der Waals surface area contributed by atoms with Gasteiger partial charge in [-0.25, -0.2) is 4.98 Å². The Balaban J connectivity index is 1.60. The van der Waals surface area contributed by atoms with E-state index in [4.69, 9.17) is 0 Å². The fourth-order valence-electron chi connectivity index (χ4n) is 2.53. The minimum atomic E-state index is 0.0880. The van der Waals surface area contributed by atoms with Gasteiger partial charge in [-0.2, -0.15) is 0 Å². The number of fused-ring (bicyclic) bond motifs is 1. The largest absolute Gasteiger partial charge is 0.302 e. The Labute approximate surface area is 137 Å². The van der Waals surface area contributed by atoms with E-state index in [0.29, 0.717) is 11.6 Å². The van der Waals surface area contributed by atoms with Crippen LogP contribution < -0.4 is 5.32 Å². The number of unbranched alkanes of at least 4 members (excludes halogenated alkanes) is 7. The molecule has 0 aliphatic heterocycles. The fourth-order valence-corrected chi connectivity index (χ4v) is 3.41. The summed E-state index contributed by atoms with van der Waals surface area (Å²) < 4.78 is 1.12. The first kappa shape index (κ1) is 16.9. The molecule has 1 aromatic carbocycles. The Morgan fingerprint density at radius 2 is 1.73 bits per heavy atom. The van der Waals surface area contributed by atoms with Crippen LogP contribution in [0.2, 0.25) is 0 Å². The molecule has 0 spiro atoms. The monoisotopic (exact) mass is 318 g/mol. The third kappa shape index (κ3) is 5.76. The minimum Gasteiger partial charge on any atom is -0.302 e. The Hall–Kier alpha value is -1.42. The highest BCUT2D eigenvalue weighted by Gasteiger charge is 2.07. The molecule has 120 valence electrons. The summed E-state index contributed by atoms with van der Waals surface area (Å²) in [6.07, 6.45) is 10.6. The van der Waals surface area contributed by atoms with Crippen molar-refractivity contribution < 1.29 is 4.79 Å². The Morgan fingerprint density at radius 1 is 1.05 bits per heavy atom. The number of hydrogen-bond acceptors (Lipinski definition) is 3. The van der Waals surface area contributed by atoms with Crippen molar-refractivity contribution in [3.63, 3.8) is 0 Å². The van der Waals surface area contributed by atoms with Crippen molar-refractivity contribution in [3.05, 3.63) is 24.3 Å². The van der Waals surface area contributed by atoms with Crippen LogP contribution in [0, 0.1) is 0 Å². The van der Waals surface area contributed by atoms with Crippen molar-refractivity contribution in [1.82, 2.24) is 4.98 Å². The van der Waals surface area contributed by atoms with Crippen LogP contribution in [0.25, 0.3) is 10.2 Å². The van der Waals surface area contributed by atoms with E-state index in [2.05, 4.69) is 17.2 Å². The zero-order valence-corrected chi connectivity index (χ0v) is 14.3. The van der Waals surface area contributed by atoms with E-state index in [9.17, 15) is 4.79 Å². The predicted molar refractivity (Wildman–Crippen MR) is 95.5 cm³/mol. The van der Waals surface area contributed by atoms with Crippen LogP contribution in [0.1, 0.15) is 64.7 Å². The normalized spacial score (nSPS) is 11.0. The second-order valence-electron chi connectivity index (χ2n) is 5.76. The van der Waals surface area contributed by atoms with Gasteiger partial charge in [0.1, 0.15) is 0 Å². The van der Waals surface area contributed by atoms with Gasteiger partial charge in [-0.3, -0.25) is 4.79 Å². The fraction of sp³-hybridized carbons (Fsp3) is 0.556. The second-order valence-corrected chi connectivity index (χ2v) is 6.79. The first-order valence-electron chi connectivity index (χ1n) is 8.45. The average molecular weight is 318 g/mol. The van der Waals surface area contributed by atoms with E-state index >= 15 is 0 Å². The molecule has 1 amide bonds. The number of rotatable bonds is 10. The minimum absolute atomic E-state index is 0.0880. The maximum absolute atomic E-state index is 11.9. The van der Waals surface area contributed by atoms with Gasteiger partial charge in [0.25, 0.3) is 0 Å². The van der Waals surface area contributed by atoms with Gasteiger partial charge in [0.05, 0.1) is 10.2 Å². The number of amides is 1. The molecular formula is C18H26N2OS. The molecule has 0 aliphatic rings. The van der Waals surface area contributed by atoms with Crippen molar-refractivity contribution >= 4 is 32.6 Å². The number of para-hydroxylation sites is 1. The third-order valence-corrected chi connectivity index (χ3v) is 4.75. The van der Waals surface area contributed by atoms with Crippen LogP contribution in [-0.2, 0) is 4.79 Å². The zero-order valence-electron chi connectivity index (χ0n) is 13.4.